The zero-order valence-electron chi connectivity index (χ0n) is 24.2. The average Bonchev–Trinajstić information content (AvgIpc) is 3.71. The van der Waals surface area contributed by atoms with Crippen LogP contribution in [0.2, 0.25) is 0 Å². The average molecular weight is 647 g/mol. The fourth-order valence-electron chi connectivity index (χ4n) is 6.48. The minimum absolute atomic E-state index is 0.166. The van der Waals surface area contributed by atoms with Crippen LogP contribution in [0, 0.1) is 11.2 Å². The Balaban J connectivity index is 1.45. The van der Waals surface area contributed by atoms with Crippen LogP contribution in [0.5, 0.6) is 0 Å². The number of alkyl halides is 3. The summed E-state index contributed by atoms with van der Waals surface area (Å²) in [6.07, 6.45) is 2.57. The second-order valence-corrected chi connectivity index (χ2v) is 14.7. The molecule has 1 unspecified atom stereocenters. The van der Waals surface area contributed by atoms with Gasteiger partial charge >= 0.3 is 6.18 Å². The van der Waals surface area contributed by atoms with Crippen molar-refractivity contribution in [1.82, 2.24) is 28.9 Å². The normalized spacial score (nSPS) is 21.6. The summed E-state index contributed by atoms with van der Waals surface area (Å²) >= 11 is 0.333. The number of nitrogens with zero attached hydrogens (tertiary/aromatic N) is 6. The smallest absolute Gasteiger partial charge is 0.290 e. The first kappa shape index (κ1) is 30.4. The van der Waals surface area contributed by atoms with E-state index in [4.69, 9.17) is 0 Å². The summed E-state index contributed by atoms with van der Waals surface area (Å²) in [6, 6.07) is 6.87. The molecule has 0 spiro atoms. The Labute approximate surface area is 256 Å². The van der Waals surface area contributed by atoms with Crippen LogP contribution in [0.15, 0.2) is 59.5 Å². The molecule has 2 aliphatic carbocycles. The zero-order valence-corrected chi connectivity index (χ0v) is 25.8. The van der Waals surface area contributed by atoms with Gasteiger partial charge in [-0.25, -0.2) is 22.6 Å². The number of rotatable bonds is 7. The third-order valence-corrected chi connectivity index (χ3v) is 11.7. The van der Waals surface area contributed by atoms with Crippen LogP contribution in [0.3, 0.4) is 0 Å². The SMILES string of the molecule is C=S(=O)(c1ccn(C)n1)N(C(C)C)[C@H]1CCC2=Cc3c(cnn3-c3ccc(F)cc3)C[C@]2(C(=O)c2ncc(C(F)(F)F)s2)C1. The highest BCUT2D eigenvalue weighted by Gasteiger charge is 2.52. The Hall–Kier alpha value is -3.62. The summed E-state index contributed by atoms with van der Waals surface area (Å²) in [4.78, 5) is 17.4. The highest BCUT2D eigenvalue weighted by molar-refractivity contribution is 7.98. The van der Waals surface area contributed by atoms with E-state index in [1.807, 2.05) is 24.2 Å². The van der Waals surface area contributed by atoms with E-state index in [9.17, 15) is 26.6 Å². The predicted molar refractivity (Wildman–Crippen MR) is 160 cm³/mol. The van der Waals surface area contributed by atoms with Crippen molar-refractivity contribution in [3.8, 4) is 5.69 Å². The van der Waals surface area contributed by atoms with Crippen LogP contribution in [0.25, 0.3) is 11.8 Å². The number of benzene rings is 1. The van der Waals surface area contributed by atoms with Gasteiger partial charge in [-0.05, 0) is 87.4 Å². The molecule has 3 aromatic heterocycles. The molecule has 232 valence electrons. The molecular weight excluding hydrogens is 616 g/mol. The lowest BCUT2D eigenvalue weighted by molar-refractivity contribution is -0.134. The molecule has 3 heterocycles. The van der Waals surface area contributed by atoms with Gasteiger partial charge in [-0.15, -0.1) is 11.3 Å². The van der Waals surface area contributed by atoms with Gasteiger partial charge in [0.1, 0.15) is 10.7 Å². The van der Waals surface area contributed by atoms with Crippen molar-refractivity contribution in [3.05, 3.63) is 81.5 Å². The molecule has 0 aliphatic heterocycles. The lowest BCUT2D eigenvalue weighted by atomic mass is 9.61. The Bertz CT molecular complexity index is 1870. The molecule has 0 N–H and O–H groups in total. The molecule has 0 radical (unpaired) electrons. The number of carbonyl (C=O) groups is 1. The number of halogens is 4. The van der Waals surface area contributed by atoms with Gasteiger partial charge in [0.15, 0.2) is 10.0 Å². The van der Waals surface area contributed by atoms with Gasteiger partial charge in [0.2, 0.25) is 5.78 Å². The van der Waals surface area contributed by atoms with Crippen molar-refractivity contribution in [3.63, 3.8) is 0 Å². The summed E-state index contributed by atoms with van der Waals surface area (Å²) in [5.74, 6) is 3.20. The van der Waals surface area contributed by atoms with E-state index in [0.717, 1.165) is 16.8 Å². The summed E-state index contributed by atoms with van der Waals surface area (Å²) in [5.41, 5.74) is 1.57. The quantitative estimate of drug-likeness (QED) is 0.140. The molecule has 0 bridgehead atoms. The van der Waals surface area contributed by atoms with Gasteiger partial charge < -0.3 is 0 Å². The highest BCUT2D eigenvalue weighted by atomic mass is 32.2. The first-order chi connectivity index (χ1) is 20.7. The molecule has 3 atom stereocenters. The number of carbonyl (C=O) groups excluding carboxylic acids is 1. The Morgan fingerprint density at radius 3 is 2.55 bits per heavy atom. The van der Waals surface area contributed by atoms with E-state index in [-0.39, 0.29) is 29.7 Å². The number of Topliss-reactive ketones (excluding diaryl/α,β-unsaturated/α-hetero) is 1. The van der Waals surface area contributed by atoms with Crippen LogP contribution in [0.4, 0.5) is 17.6 Å². The minimum atomic E-state index is -4.63. The number of hydrogen-bond donors (Lipinski definition) is 0. The van der Waals surface area contributed by atoms with Gasteiger partial charge in [-0.1, -0.05) is 5.57 Å². The van der Waals surface area contributed by atoms with Crippen LogP contribution >= 0.6 is 11.3 Å². The maximum Gasteiger partial charge on any atom is 0.427 e. The number of allylic oxidation sites excluding steroid dienone is 1. The van der Waals surface area contributed by atoms with Crippen LogP contribution < -0.4 is 0 Å². The van der Waals surface area contributed by atoms with E-state index < -0.39 is 38.0 Å². The lowest BCUT2D eigenvalue weighted by Gasteiger charge is -2.48. The molecule has 44 heavy (non-hydrogen) atoms. The van der Waals surface area contributed by atoms with Crippen LogP contribution in [-0.2, 0) is 29.4 Å². The van der Waals surface area contributed by atoms with E-state index in [1.54, 1.807) is 47.0 Å². The Morgan fingerprint density at radius 2 is 1.93 bits per heavy atom. The summed E-state index contributed by atoms with van der Waals surface area (Å²) in [6.45, 7) is 3.80. The van der Waals surface area contributed by atoms with Crippen molar-refractivity contribution in [2.45, 2.75) is 62.8 Å². The predicted octanol–water partition coefficient (Wildman–Crippen LogP) is 5.98. The fourth-order valence-corrected chi connectivity index (χ4v) is 9.39. The molecule has 14 heteroatoms. The van der Waals surface area contributed by atoms with Gasteiger partial charge in [0, 0.05) is 25.3 Å². The standard InChI is InChI=1S/C30H30F4N6O2S2/c1-18(2)40(44(4,42)26-11-12-38(3)37-26)23-8-5-20-13-24-19(16-36-39(24)22-9-6-21(31)7-10-22)14-29(20,15-23)27(41)28-35-17-25(43-28)30(32,33)34/h6-7,9-13,16-18,23H,4-5,8,14-15H2,1-3H3/t23-,29-,44?/m0/s1. The van der Waals surface area contributed by atoms with E-state index >= 15 is 0 Å². The van der Waals surface area contributed by atoms with Crippen molar-refractivity contribution < 1.29 is 26.6 Å². The topological polar surface area (TPSA) is 85.9 Å². The van der Waals surface area contributed by atoms with Crippen LogP contribution in [0.1, 0.15) is 59.0 Å². The maximum atomic E-state index is 14.4. The highest BCUT2D eigenvalue weighted by Crippen LogP contribution is 2.52. The third kappa shape index (κ3) is 5.12. The molecule has 1 saturated carbocycles. The second kappa shape index (κ2) is 10.8. The van der Waals surface area contributed by atoms with Gasteiger partial charge in [0.05, 0.1) is 38.9 Å². The van der Waals surface area contributed by atoms with Crippen LogP contribution in [-0.4, -0.2) is 56.8 Å². The molecule has 1 fully saturated rings. The minimum Gasteiger partial charge on any atom is -0.290 e. The number of thiazole rings is 1. The largest absolute Gasteiger partial charge is 0.427 e. The first-order valence-corrected chi connectivity index (χ1v) is 16.5. The number of ketones is 1. The third-order valence-electron chi connectivity index (χ3n) is 8.35. The number of aryl methyl sites for hydroxylation is 1. The molecule has 6 rings (SSSR count). The molecule has 8 nitrogen and oxygen atoms in total. The maximum absolute atomic E-state index is 14.4. The Morgan fingerprint density at radius 1 is 1.20 bits per heavy atom. The molecule has 0 saturated heterocycles. The molecule has 4 aromatic rings. The summed E-state index contributed by atoms with van der Waals surface area (Å²) < 4.78 is 73.6. The zero-order chi connectivity index (χ0) is 31.6. The molecular formula is C30H30F4N6O2S2. The summed E-state index contributed by atoms with van der Waals surface area (Å²) in [5, 5.41) is 8.97. The number of aromatic nitrogens is 5. The van der Waals surface area contributed by atoms with Crippen molar-refractivity contribution >= 4 is 38.8 Å². The van der Waals surface area contributed by atoms with Crippen molar-refractivity contribution in [1.29, 1.82) is 0 Å². The van der Waals surface area contributed by atoms with Gasteiger partial charge in [0.25, 0.3) is 0 Å². The van der Waals surface area contributed by atoms with Crippen molar-refractivity contribution in [2.75, 3.05) is 0 Å². The first-order valence-electron chi connectivity index (χ1n) is 14.0. The monoisotopic (exact) mass is 646 g/mol. The van der Waals surface area contributed by atoms with E-state index in [2.05, 4.69) is 21.1 Å². The number of hydrogen-bond acceptors (Lipinski definition) is 6. The van der Waals surface area contributed by atoms with Gasteiger partial charge in [-0.2, -0.15) is 23.4 Å². The molecule has 0 amide bonds. The fraction of sp³-hybridized carbons (Fsp3) is 0.367. The van der Waals surface area contributed by atoms with Gasteiger partial charge in [-0.3, -0.25) is 9.48 Å². The van der Waals surface area contributed by atoms with E-state index in [1.165, 1.54) is 12.1 Å². The second-order valence-electron chi connectivity index (χ2n) is 11.5. The molecule has 1 aromatic carbocycles. The number of fused-ring (bicyclic) bond motifs is 2. The summed E-state index contributed by atoms with van der Waals surface area (Å²) in [7, 11) is -1.36. The van der Waals surface area contributed by atoms with Crippen molar-refractivity contribution in [2.24, 2.45) is 12.5 Å². The van der Waals surface area contributed by atoms with E-state index in [0.29, 0.717) is 41.1 Å². The lowest BCUT2D eigenvalue weighted by Crippen LogP contribution is -2.52. The molecule has 2 aliphatic rings. The Kier molecular flexibility index (Phi) is 7.45.